The van der Waals surface area contributed by atoms with Crippen molar-refractivity contribution in [2.75, 3.05) is 18.1 Å². The quantitative estimate of drug-likeness (QED) is 0.789. The van der Waals surface area contributed by atoms with Crippen molar-refractivity contribution in [3.8, 4) is 0 Å². The van der Waals surface area contributed by atoms with Crippen LogP contribution in [0, 0.1) is 0 Å². The summed E-state index contributed by atoms with van der Waals surface area (Å²) in [4.78, 5) is 6.93. The number of nitrogens with zero attached hydrogens (tertiary/aromatic N) is 2. The van der Waals surface area contributed by atoms with Gasteiger partial charge < -0.3 is 15.7 Å². The Morgan fingerprint density at radius 3 is 3.17 bits per heavy atom. The number of rotatable bonds is 5. The van der Waals surface area contributed by atoms with E-state index in [4.69, 9.17) is 23.1 Å². The first-order valence-corrected chi connectivity index (χ1v) is 6.76. The van der Waals surface area contributed by atoms with Crippen molar-refractivity contribution >= 4 is 22.9 Å². The Labute approximate surface area is 113 Å². The fraction of sp³-hybridized carbons (Fsp3) is 0.538. The Morgan fingerprint density at radius 1 is 1.61 bits per heavy atom. The van der Waals surface area contributed by atoms with E-state index < -0.39 is 0 Å². The van der Waals surface area contributed by atoms with Gasteiger partial charge in [-0.25, -0.2) is 0 Å². The van der Waals surface area contributed by atoms with Gasteiger partial charge in [0.15, 0.2) is 0 Å². The maximum atomic E-state index is 8.95. The summed E-state index contributed by atoms with van der Waals surface area (Å²) >= 11 is 5.09. The van der Waals surface area contributed by atoms with E-state index in [0.717, 1.165) is 37.1 Å². The van der Waals surface area contributed by atoms with Crippen LogP contribution in [-0.2, 0) is 0 Å². The van der Waals surface area contributed by atoms with Gasteiger partial charge in [-0.1, -0.05) is 12.2 Å². The molecular weight excluding hydrogens is 246 g/mol. The number of aliphatic hydroxyl groups excluding tert-OH is 1. The van der Waals surface area contributed by atoms with Crippen LogP contribution in [0.5, 0.6) is 0 Å². The zero-order chi connectivity index (χ0) is 13.0. The molecule has 1 fully saturated rings. The van der Waals surface area contributed by atoms with Crippen LogP contribution in [-0.4, -0.2) is 34.3 Å². The Morgan fingerprint density at radius 2 is 2.44 bits per heavy atom. The minimum Gasteiger partial charge on any atom is -0.396 e. The second-order valence-corrected chi connectivity index (χ2v) is 5.05. The number of hydrogen-bond acceptors (Lipinski definition) is 4. The molecule has 1 unspecified atom stereocenters. The summed E-state index contributed by atoms with van der Waals surface area (Å²) in [5.74, 6) is 0. The molecule has 0 aliphatic carbocycles. The van der Waals surface area contributed by atoms with E-state index in [0.29, 0.717) is 11.0 Å². The Kier molecular flexibility index (Phi) is 4.49. The van der Waals surface area contributed by atoms with Crippen molar-refractivity contribution in [3.63, 3.8) is 0 Å². The van der Waals surface area contributed by atoms with Crippen molar-refractivity contribution in [2.45, 2.75) is 31.7 Å². The molecule has 1 aromatic rings. The first-order valence-electron chi connectivity index (χ1n) is 6.35. The third-order valence-electron chi connectivity index (χ3n) is 3.45. The van der Waals surface area contributed by atoms with E-state index in [9.17, 15) is 0 Å². The summed E-state index contributed by atoms with van der Waals surface area (Å²) < 4.78 is 0. The van der Waals surface area contributed by atoms with Crippen LogP contribution in [0.3, 0.4) is 0 Å². The molecule has 3 N–H and O–H groups in total. The number of thiocarbonyl (C=S) groups is 1. The summed E-state index contributed by atoms with van der Waals surface area (Å²) in [6.07, 6.45) is 7.72. The van der Waals surface area contributed by atoms with Gasteiger partial charge in [-0.2, -0.15) is 0 Å². The largest absolute Gasteiger partial charge is 0.396 e. The third kappa shape index (κ3) is 2.79. The lowest BCUT2D eigenvalue weighted by atomic mass is 10.1. The van der Waals surface area contributed by atoms with Gasteiger partial charge >= 0.3 is 0 Å². The maximum absolute atomic E-state index is 8.95. The minimum atomic E-state index is 0.250. The molecule has 18 heavy (non-hydrogen) atoms. The molecule has 4 nitrogen and oxygen atoms in total. The molecule has 1 aliphatic heterocycles. The van der Waals surface area contributed by atoms with E-state index in [2.05, 4.69) is 9.88 Å². The van der Waals surface area contributed by atoms with Crippen LogP contribution in [0.15, 0.2) is 18.5 Å². The molecule has 0 bridgehead atoms. The van der Waals surface area contributed by atoms with Gasteiger partial charge in [0.1, 0.15) is 4.99 Å². The van der Waals surface area contributed by atoms with Crippen LogP contribution >= 0.6 is 12.2 Å². The highest BCUT2D eigenvalue weighted by Gasteiger charge is 2.26. The van der Waals surface area contributed by atoms with Crippen LogP contribution in [0.25, 0.3) is 0 Å². The van der Waals surface area contributed by atoms with Gasteiger partial charge in [0.25, 0.3) is 0 Å². The monoisotopic (exact) mass is 265 g/mol. The molecule has 0 amide bonds. The number of hydrogen-bond donors (Lipinski definition) is 2. The topological polar surface area (TPSA) is 62.4 Å². The minimum absolute atomic E-state index is 0.250. The van der Waals surface area contributed by atoms with Crippen LogP contribution in [0.4, 0.5) is 5.69 Å². The first-order chi connectivity index (χ1) is 8.74. The average molecular weight is 265 g/mol. The number of anilines is 1. The Balaban J connectivity index is 2.21. The first kappa shape index (κ1) is 13.2. The smallest absolute Gasteiger partial charge is 0.106 e. The molecule has 0 aromatic carbocycles. The standard InChI is InChI=1S/C13H19N3OS/c14-13(18)11-5-6-15-9-12(11)16-7-1-3-10(16)4-2-8-17/h5-6,9-10,17H,1-4,7-8H2,(H2,14,18). The molecule has 0 radical (unpaired) electrons. The lowest BCUT2D eigenvalue weighted by molar-refractivity contribution is 0.279. The van der Waals surface area contributed by atoms with Crippen molar-refractivity contribution in [1.82, 2.24) is 4.98 Å². The van der Waals surface area contributed by atoms with Crippen molar-refractivity contribution in [2.24, 2.45) is 5.73 Å². The Bertz CT molecular complexity index is 424. The summed E-state index contributed by atoms with van der Waals surface area (Å²) in [6, 6.07) is 2.34. The van der Waals surface area contributed by atoms with Gasteiger partial charge in [-0.05, 0) is 31.7 Å². The summed E-state index contributed by atoms with van der Waals surface area (Å²) in [5, 5.41) is 8.95. The number of aliphatic hydroxyl groups is 1. The Hall–Kier alpha value is -1.20. The van der Waals surface area contributed by atoms with Crippen molar-refractivity contribution in [3.05, 3.63) is 24.0 Å². The van der Waals surface area contributed by atoms with E-state index >= 15 is 0 Å². The number of aromatic nitrogens is 1. The van der Waals surface area contributed by atoms with E-state index in [1.807, 2.05) is 12.3 Å². The molecular formula is C13H19N3OS. The highest BCUT2D eigenvalue weighted by Crippen LogP contribution is 2.30. The lowest BCUT2D eigenvalue weighted by Gasteiger charge is -2.28. The zero-order valence-corrected chi connectivity index (χ0v) is 11.2. The molecule has 2 rings (SSSR count). The highest BCUT2D eigenvalue weighted by molar-refractivity contribution is 7.80. The van der Waals surface area contributed by atoms with E-state index in [-0.39, 0.29) is 6.61 Å². The molecule has 2 heterocycles. The number of pyridine rings is 1. The number of nitrogens with two attached hydrogens (primary N) is 1. The van der Waals surface area contributed by atoms with Gasteiger partial charge in [-0.3, -0.25) is 4.98 Å². The van der Waals surface area contributed by atoms with Crippen molar-refractivity contribution < 1.29 is 5.11 Å². The second-order valence-electron chi connectivity index (χ2n) is 4.61. The van der Waals surface area contributed by atoms with Crippen LogP contribution in [0.1, 0.15) is 31.2 Å². The zero-order valence-electron chi connectivity index (χ0n) is 10.4. The molecule has 1 saturated heterocycles. The molecule has 1 aliphatic rings. The average Bonchev–Trinajstić information content (AvgIpc) is 2.84. The van der Waals surface area contributed by atoms with E-state index in [1.165, 1.54) is 6.42 Å². The SMILES string of the molecule is NC(=S)c1ccncc1N1CCCC1CCCO. The summed E-state index contributed by atoms with van der Waals surface area (Å²) in [6.45, 7) is 1.26. The normalized spacial score (nSPS) is 19.2. The molecule has 0 saturated carbocycles. The molecule has 1 aromatic heterocycles. The van der Waals surface area contributed by atoms with Gasteiger partial charge in [0.2, 0.25) is 0 Å². The van der Waals surface area contributed by atoms with Gasteiger partial charge in [0.05, 0.1) is 11.9 Å². The van der Waals surface area contributed by atoms with Gasteiger partial charge in [-0.15, -0.1) is 0 Å². The molecule has 5 heteroatoms. The van der Waals surface area contributed by atoms with Crippen LogP contribution in [0.2, 0.25) is 0 Å². The molecule has 0 spiro atoms. The predicted octanol–water partition coefficient (Wildman–Crippen LogP) is 1.46. The molecule has 98 valence electrons. The highest BCUT2D eigenvalue weighted by atomic mass is 32.1. The lowest BCUT2D eigenvalue weighted by Crippen LogP contribution is -2.31. The maximum Gasteiger partial charge on any atom is 0.106 e. The third-order valence-corrected chi connectivity index (χ3v) is 3.67. The van der Waals surface area contributed by atoms with Crippen LogP contribution < -0.4 is 10.6 Å². The van der Waals surface area contributed by atoms with Gasteiger partial charge in [0, 0.05) is 31.0 Å². The fourth-order valence-electron chi connectivity index (χ4n) is 2.60. The summed E-state index contributed by atoms with van der Waals surface area (Å²) in [5.41, 5.74) is 7.70. The molecule has 1 atom stereocenters. The summed E-state index contributed by atoms with van der Waals surface area (Å²) in [7, 11) is 0. The second kappa shape index (κ2) is 6.11. The fourth-order valence-corrected chi connectivity index (χ4v) is 2.78. The van der Waals surface area contributed by atoms with Crippen molar-refractivity contribution in [1.29, 1.82) is 0 Å². The van der Waals surface area contributed by atoms with E-state index in [1.54, 1.807) is 6.20 Å². The predicted molar refractivity (Wildman–Crippen MR) is 76.8 cm³/mol.